The van der Waals surface area contributed by atoms with Crippen molar-refractivity contribution in [1.82, 2.24) is 4.31 Å². The van der Waals surface area contributed by atoms with Crippen LogP contribution in [0.2, 0.25) is 0 Å². The molecule has 1 heterocycles. The van der Waals surface area contributed by atoms with Crippen molar-refractivity contribution in [3.05, 3.63) is 23.8 Å². The largest absolute Gasteiger partial charge is 0.399 e. The lowest BCUT2D eigenvalue weighted by Gasteiger charge is -2.15. The molecule has 6 nitrogen and oxygen atoms in total. The molecule has 0 spiro atoms. The number of hydrogen-bond acceptors (Lipinski definition) is 4. The highest BCUT2D eigenvalue weighted by Gasteiger charge is 2.29. The fraction of sp³-hybridized carbons (Fsp3) is 0.417. The molecule has 8 heteroatoms. The Morgan fingerprint density at radius 3 is 2.75 bits per heavy atom. The van der Waals surface area contributed by atoms with Crippen LogP contribution in [0.5, 0.6) is 0 Å². The molecule has 0 aromatic heterocycles. The van der Waals surface area contributed by atoms with Gasteiger partial charge in [0.25, 0.3) is 0 Å². The van der Waals surface area contributed by atoms with Gasteiger partial charge in [0.2, 0.25) is 15.9 Å². The second-order valence-electron chi connectivity index (χ2n) is 4.63. The molecule has 0 saturated carbocycles. The standard InChI is InChI=1S/C12H17N3O3S.ClH/c1-9-3-4-10(13)7-11(9)14-12(16)8-15-5-2-6-19(15,17)18;/h3-4,7H,2,5-6,8,13H2,1H3,(H,14,16);1H. The quantitative estimate of drug-likeness (QED) is 0.812. The Labute approximate surface area is 124 Å². The molecule has 20 heavy (non-hydrogen) atoms. The van der Waals surface area contributed by atoms with Crippen LogP contribution in [0.1, 0.15) is 12.0 Å². The number of nitrogens with two attached hydrogens (primary N) is 1. The van der Waals surface area contributed by atoms with Crippen molar-refractivity contribution in [2.75, 3.05) is 29.9 Å². The molecule has 2 rings (SSSR count). The number of nitrogen functional groups attached to an aromatic ring is 1. The number of amides is 1. The van der Waals surface area contributed by atoms with Gasteiger partial charge >= 0.3 is 0 Å². The number of rotatable bonds is 3. The average Bonchev–Trinajstić information content (AvgIpc) is 2.63. The van der Waals surface area contributed by atoms with E-state index in [4.69, 9.17) is 5.73 Å². The molecule has 0 atom stereocenters. The van der Waals surface area contributed by atoms with E-state index in [-0.39, 0.29) is 30.6 Å². The van der Waals surface area contributed by atoms with E-state index in [9.17, 15) is 13.2 Å². The monoisotopic (exact) mass is 319 g/mol. The van der Waals surface area contributed by atoms with Gasteiger partial charge in [0.1, 0.15) is 0 Å². The summed E-state index contributed by atoms with van der Waals surface area (Å²) in [4.78, 5) is 11.9. The molecule has 1 saturated heterocycles. The SMILES string of the molecule is Cc1ccc(N)cc1NC(=O)CN1CCCS1(=O)=O.Cl. The Hall–Kier alpha value is -1.31. The zero-order valence-corrected chi connectivity index (χ0v) is 12.8. The third-order valence-corrected chi connectivity index (χ3v) is 4.96. The number of halogens is 1. The van der Waals surface area contributed by atoms with Crippen molar-refractivity contribution in [2.24, 2.45) is 0 Å². The van der Waals surface area contributed by atoms with Gasteiger partial charge in [0.15, 0.2) is 0 Å². The molecular weight excluding hydrogens is 302 g/mol. The Morgan fingerprint density at radius 2 is 2.15 bits per heavy atom. The first kappa shape index (κ1) is 16.7. The van der Waals surface area contributed by atoms with E-state index in [0.29, 0.717) is 24.3 Å². The summed E-state index contributed by atoms with van der Waals surface area (Å²) in [6, 6.07) is 5.21. The van der Waals surface area contributed by atoms with Crippen LogP contribution >= 0.6 is 12.4 Å². The molecule has 1 aliphatic heterocycles. The highest BCUT2D eigenvalue weighted by atomic mass is 35.5. The van der Waals surface area contributed by atoms with E-state index >= 15 is 0 Å². The molecule has 0 radical (unpaired) electrons. The van der Waals surface area contributed by atoms with Gasteiger partial charge in [-0.1, -0.05) is 6.07 Å². The lowest BCUT2D eigenvalue weighted by atomic mass is 10.2. The Balaban J connectivity index is 0.00000200. The lowest BCUT2D eigenvalue weighted by Crippen LogP contribution is -2.34. The zero-order chi connectivity index (χ0) is 14.0. The Bertz CT molecular complexity index is 604. The summed E-state index contributed by atoms with van der Waals surface area (Å²) in [5, 5.41) is 2.69. The van der Waals surface area contributed by atoms with Crippen LogP contribution in [0.3, 0.4) is 0 Å². The Kier molecular flexibility index (Phi) is 5.38. The second kappa shape index (κ2) is 6.43. The number of sulfonamides is 1. The van der Waals surface area contributed by atoms with Crippen LogP contribution in [-0.2, 0) is 14.8 Å². The van der Waals surface area contributed by atoms with Gasteiger partial charge in [-0.15, -0.1) is 12.4 Å². The summed E-state index contributed by atoms with van der Waals surface area (Å²) in [5.74, 6) is -0.225. The van der Waals surface area contributed by atoms with Crippen LogP contribution in [0.4, 0.5) is 11.4 Å². The fourth-order valence-electron chi connectivity index (χ4n) is 1.99. The van der Waals surface area contributed by atoms with Crippen molar-refractivity contribution in [3.63, 3.8) is 0 Å². The number of hydrogen-bond donors (Lipinski definition) is 2. The van der Waals surface area contributed by atoms with Gasteiger partial charge in [-0.25, -0.2) is 8.42 Å². The number of nitrogens with one attached hydrogen (secondary N) is 1. The summed E-state index contributed by atoms with van der Waals surface area (Å²) >= 11 is 0. The summed E-state index contributed by atoms with van der Waals surface area (Å²) < 4.78 is 24.4. The van der Waals surface area contributed by atoms with E-state index in [0.717, 1.165) is 5.56 Å². The van der Waals surface area contributed by atoms with Crippen LogP contribution in [0.15, 0.2) is 18.2 Å². The summed E-state index contributed by atoms with van der Waals surface area (Å²) in [7, 11) is -3.24. The summed E-state index contributed by atoms with van der Waals surface area (Å²) in [6.45, 7) is 2.11. The van der Waals surface area contributed by atoms with Crippen molar-refractivity contribution >= 4 is 39.7 Å². The van der Waals surface area contributed by atoms with Crippen LogP contribution in [0.25, 0.3) is 0 Å². The van der Waals surface area contributed by atoms with Crippen molar-refractivity contribution in [2.45, 2.75) is 13.3 Å². The smallest absolute Gasteiger partial charge is 0.239 e. The van der Waals surface area contributed by atoms with Gasteiger partial charge < -0.3 is 11.1 Å². The number of anilines is 2. The van der Waals surface area contributed by atoms with E-state index < -0.39 is 10.0 Å². The van der Waals surface area contributed by atoms with Gasteiger partial charge in [0, 0.05) is 17.9 Å². The zero-order valence-electron chi connectivity index (χ0n) is 11.1. The summed E-state index contributed by atoms with van der Waals surface area (Å²) in [6.07, 6.45) is 0.576. The molecule has 112 valence electrons. The molecule has 3 N–H and O–H groups in total. The topological polar surface area (TPSA) is 92.5 Å². The van der Waals surface area contributed by atoms with Crippen LogP contribution in [-0.4, -0.2) is 37.5 Å². The summed E-state index contributed by atoms with van der Waals surface area (Å²) in [5.41, 5.74) is 7.70. The number of carbonyl (C=O) groups excluding carboxylic acids is 1. The average molecular weight is 320 g/mol. The highest BCUT2D eigenvalue weighted by Crippen LogP contribution is 2.19. The van der Waals surface area contributed by atoms with Crippen molar-refractivity contribution in [1.29, 1.82) is 0 Å². The third-order valence-electron chi connectivity index (χ3n) is 3.06. The maximum Gasteiger partial charge on any atom is 0.239 e. The normalized spacial score (nSPS) is 17.4. The highest BCUT2D eigenvalue weighted by molar-refractivity contribution is 7.89. The van der Waals surface area contributed by atoms with Crippen molar-refractivity contribution in [3.8, 4) is 0 Å². The first-order chi connectivity index (χ1) is 8.88. The molecule has 1 aromatic carbocycles. The number of benzene rings is 1. The Morgan fingerprint density at radius 1 is 1.45 bits per heavy atom. The second-order valence-corrected chi connectivity index (χ2v) is 6.71. The van der Waals surface area contributed by atoms with Gasteiger partial charge in [-0.3, -0.25) is 4.79 Å². The molecular formula is C12H18ClN3O3S. The predicted molar refractivity (Wildman–Crippen MR) is 81.4 cm³/mol. The van der Waals surface area contributed by atoms with E-state index in [1.807, 2.05) is 6.92 Å². The van der Waals surface area contributed by atoms with Crippen LogP contribution in [0, 0.1) is 6.92 Å². The van der Waals surface area contributed by atoms with E-state index in [1.165, 1.54) is 4.31 Å². The first-order valence-corrected chi connectivity index (χ1v) is 7.63. The van der Waals surface area contributed by atoms with Gasteiger partial charge in [-0.05, 0) is 31.0 Å². The first-order valence-electron chi connectivity index (χ1n) is 6.02. The predicted octanol–water partition coefficient (Wildman–Crippen LogP) is 0.973. The number of carbonyl (C=O) groups is 1. The lowest BCUT2D eigenvalue weighted by molar-refractivity contribution is -0.116. The molecule has 1 aliphatic rings. The molecule has 0 aliphatic carbocycles. The minimum absolute atomic E-state index is 0. The van der Waals surface area contributed by atoms with Crippen LogP contribution < -0.4 is 11.1 Å². The minimum atomic E-state index is -3.24. The number of aryl methyl sites for hydroxylation is 1. The molecule has 1 aromatic rings. The van der Waals surface area contributed by atoms with E-state index in [1.54, 1.807) is 18.2 Å². The minimum Gasteiger partial charge on any atom is -0.399 e. The van der Waals surface area contributed by atoms with Gasteiger partial charge in [0.05, 0.1) is 12.3 Å². The maximum atomic E-state index is 11.9. The molecule has 0 unspecified atom stereocenters. The van der Waals surface area contributed by atoms with E-state index in [2.05, 4.69) is 5.32 Å². The fourth-order valence-corrected chi connectivity index (χ4v) is 3.47. The number of nitrogens with zero attached hydrogens (tertiary/aromatic N) is 1. The van der Waals surface area contributed by atoms with Gasteiger partial charge in [-0.2, -0.15) is 4.31 Å². The molecule has 1 amide bonds. The molecule has 1 fully saturated rings. The maximum absolute atomic E-state index is 11.9. The van der Waals surface area contributed by atoms with Crippen molar-refractivity contribution < 1.29 is 13.2 Å². The third kappa shape index (κ3) is 3.84. The molecule has 0 bridgehead atoms.